The first kappa shape index (κ1) is 22.0. The van der Waals surface area contributed by atoms with Gasteiger partial charge in [0, 0.05) is 16.7 Å². The second kappa shape index (κ2) is 7.87. The van der Waals surface area contributed by atoms with Crippen LogP contribution in [0.5, 0.6) is 11.5 Å². The minimum absolute atomic E-state index is 0.0229. The molecule has 0 saturated carbocycles. The number of para-hydroxylation sites is 1. The zero-order chi connectivity index (χ0) is 21.6. The maximum atomic E-state index is 13.0. The molecule has 1 unspecified atom stereocenters. The smallest absolute Gasteiger partial charge is 0.283 e. The molecule has 0 saturated heterocycles. The van der Waals surface area contributed by atoms with Crippen LogP contribution in [0.15, 0.2) is 54.6 Å². The lowest BCUT2D eigenvalue weighted by molar-refractivity contribution is 0.428. The molecule has 3 aromatic carbocycles. The molecule has 3 aromatic rings. The van der Waals surface area contributed by atoms with E-state index in [4.69, 9.17) is 46.4 Å². The summed E-state index contributed by atoms with van der Waals surface area (Å²) in [6.45, 7) is 0. The Kier molecular flexibility index (Phi) is 5.98. The van der Waals surface area contributed by atoms with Crippen molar-refractivity contribution in [1.29, 1.82) is 0 Å². The summed E-state index contributed by atoms with van der Waals surface area (Å²) in [7, 11) is -5.22. The first-order valence-corrected chi connectivity index (χ1v) is 10.9. The fraction of sp³-hybridized carbons (Fsp3) is 0.0526. The molecule has 0 aliphatic carbocycles. The van der Waals surface area contributed by atoms with Gasteiger partial charge in [-0.25, -0.2) is 0 Å². The summed E-state index contributed by atoms with van der Waals surface area (Å²) in [5.74, 6) is -1.10. The zero-order valence-electron chi connectivity index (χ0n) is 14.3. The maximum Gasteiger partial charge on any atom is 0.283 e. The largest absolute Gasteiger partial charge is 0.508 e. The first-order chi connectivity index (χ1) is 13.5. The van der Waals surface area contributed by atoms with Gasteiger partial charge in [0.1, 0.15) is 11.5 Å². The summed E-state index contributed by atoms with van der Waals surface area (Å²) in [4.78, 5) is 0. The molecular formula is C19H12Cl4O5S. The Morgan fingerprint density at radius 3 is 1.90 bits per heavy atom. The quantitative estimate of drug-likeness (QED) is 0.311. The van der Waals surface area contributed by atoms with Gasteiger partial charge in [0.05, 0.1) is 20.1 Å². The third-order valence-electron chi connectivity index (χ3n) is 4.43. The van der Waals surface area contributed by atoms with Crippen LogP contribution < -0.4 is 0 Å². The van der Waals surface area contributed by atoms with Gasteiger partial charge in [0.25, 0.3) is 10.1 Å². The van der Waals surface area contributed by atoms with Gasteiger partial charge in [-0.1, -0.05) is 76.7 Å². The number of aromatic hydroxyl groups is 2. The lowest BCUT2D eigenvalue weighted by atomic mass is 9.82. The number of hydrogen-bond donors (Lipinski definition) is 3. The van der Waals surface area contributed by atoms with Crippen LogP contribution in [0.2, 0.25) is 20.1 Å². The normalized spacial score (nSPS) is 13.8. The minimum Gasteiger partial charge on any atom is -0.508 e. The van der Waals surface area contributed by atoms with Gasteiger partial charge in [-0.2, -0.15) is 8.42 Å². The molecule has 3 N–H and O–H groups in total. The van der Waals surface area contributed by atoms with Crippen molar-refractivity contribution in [2.75, 3.05) is 0 Å². The molecule has 10 heteroatoms. The number of rotatable bonds is 4. The molecular weight excluding hydrogens is 482 g/mol. The average Bonchev–Trinajstić information content (AvgIpc) is 2.64. The zero-order valence-corrected chi connectivity index (χ0v) is 18.1. The fourth-order valence-corrected chi connectivity index (χ4v) is 5.62. The van der Waals surface area contributed by atoms with E-state index in [1.54, 1.807) is 0 Å². The lowest BCUT2D eigenvalue weighted by Gasteiger charge is -2.34. The highest BCUT2D eigenvalue weighted by molar-refractivity contribution is 7.87. The second-order valence-corrected chi connectivity index (χ2v) is 9.16. The highest BCUT2D eigenvalue weighted by Gasteiger charge is 2.54. The standard InChI is InChI=1S/C19H12Cl4O5S/c20-12-6-3-5-11(17(12)22)19(29(26,27)28,10-4-1-2-7-14(10)24)16-15(25)9-8-13(21)18(16)23/h1-9,24-25H,(H,26,27,28). The summed E-state index contributed by atoms with van der Waals surface area (Å²) in [5, 5.41) is 20.4. The van der Waals surface area contributed by atoms with Crippen molar-refractivity contribution in [2.45, 2.75) is 4.75 Å². The molecule has 29 heavy (non-hydrogen) atoms. The summed E-state index contributed by atoms with van der Waals surface area (Å²) >= 11 is 24.8. The van der Waals surface area contributed by atoms with Gasteiger partial charge < -0.3 is 10.2 Å². The van der Waals surface area contributed by atoms with Crippen LogP contribution in [-0.2, 0) is 14.9 Å². The topological polar surface area (TPSA) is 94.8 Å². The van der Waals surface area contributed by atoms with E-state index in [-0.39, 0.29) is 31.2 Å². The Morgan fingerprint density at radius 1 is 0.690 bits per heavy atom. The van der Waals surface area contributed by atoms with Crippen molar-refractivity contribution in [1.82, 2.24) is 0 Å². The van der Waals surface area contributed by atoms with Crippen molar-refractivity contribution in [3.05, 3.63) is 91.4 Å². The molecule has 1 atom stereocenters. The monoisotopic (exact) mass is 492 g/mol. The first-order valence-electron chi connectivity index (χ1n) is 7.91. The Bertz CT molecular complexity index is 1210. The van der Waals surface area contributed by atoms with Crippen LogP contribution in [-0.4, -0.2) is 23.2 Å². The molecule has 152 valence electrons. The van der Waals surface area contributed by atoms with Gasteiger partial charge >= 0.3 is 0 Å². The highest BCUT2D eigenvalue weighted by Crippen LogP contribution is 2.55. The van der Waals surface area contributed by atoms with E-state index in [1.807, 2.05) is 0 Å². The Labute approximate surface area is 186 Å². The molecule has 0 amide bonds. The summed E-state index contributed by atoms with van der Waals surface area (Å²) in [5.41, 5.74) is -1.04. The molecule has 0 aliphatic heterocycles. The van der Waals surface area contributed by atoms with Crippen LogP contribution in [0.3, 0.4) is 0 Å². The Morgan fingerprint density at radius 2 is 1.28 bits per heavy atom. The van der Waals surface area contributed by atoms with Crippen LogP contribution in [0.4, 0.5) is 0 Å². The SMILES string of the molecule is O=S(=O)(O)C(c1ccccc1O)(c1cccc(Cl)c1Cl)c1c(O)ccc(Cl)c1Cl. The van der Waals surface area contributed by atoms with Crippen LogP contribution in [0.1, 0.15) is 16.7 Å². The van der Waals surface area contributed by atoms with Gasteiger partial charge in [-0.05, 0) is 24.3 Å². The minimum atomic E-state index is -5.22. The van der Waals surface area contributed by atoms with Crippen LogP contribution in [0, 0.1) is 0 Å². The number of halogens is 4. The summed E-state index contributed by atoms with van der Waals surface area (Å²) < 4.78 is 33.9. The van der Waals surface area contributed by atoms with Crippen molar-refractivity contribution in [2.24, 2.45) is 0 Å². The lowest BCUT2D eigenvalue weighted by Crippen LogP contribution is -2.39. The number of phenols is 2. The third kappa shape index (κ3) is 3.44. The van der Waals surface area contributed by atoms with Gasteiger partial charge in [0.15, 0.2) is 4.75 Å². The predicted octanol–water partition coefficient (Wildman–Crippen LogP) is 5.89. The molecule has 3 rings (SSSR count). The second-order valence-electron chi connectivity index (χ2n) is 6.03. The van der Waals surface area contributed by atoms with Crippen molar-refractivity contribution < 1.29 is 23.2 Å². The maximum absolute atomic E-state index is 13.0. The molecule has 0 radical (unpaired) electrons. The van der Waals surface area contributed by atoms with E-state index in [2.05, 4.69) is 0 Å². The summed E-state index contributed by atoms with van der Waals surface area (Å²) in [6, 6.07) is 11.8. The van der Waals surface area contributed by atoms with Gasteiger partial charge in [0.2, 0.25) is 0 Å². The van der Waals surface area contributed by atoms with Crippen molar-refractivity contribution >= 4 is 56.5 Å². The molecule has 0 fully saturated rings. The molecule has 0 aliphatic rings. The van der Waals surface area contributed by atoms with E-state index < -0.39 is 31.9 Å². The van der Waals surface area contributed by atoms with E-state index in [9.17, 15) is 23.2 Å². The average molecular weight is 494 g/mol. The number of hydrogen-bond acceptors (Lipinski definition) is 4. The molecule has 0 spiro atoms. The molecule has 0 bridgehead atoms. The molecule has 5 nitrogen and oxygen atoms in total. The van der Waals surface area contributed by atoms with E-state index >= 15 is 0 Å². The number of benzene rings is 3. The van der Waals surface area contributed by atoms with Gasteiger partial charge in [-0.15, -0.1) is 0 Å². The van der Waals surface area contributed by atoms with E-state index in [1.165, 1.54) is 48.5 Å². The summed E-state index contributed by atoms with van der Waals surface area (Å²) in [6.07, 6.45) is 0. The van der Waals surface area contributed by atoms with Gasteiger partial charge in [-0.3, -0.25) is 4.55 Å². The van der Waals surface area contributed by atoms with Crippen LogP contribution in [0.25, 0.3) is 0 Å². The molecule has 0 aromatic heterocycles. The highest BCUT2D eigenvalue weighted by atomic mass is 35.5. The van der Waals surface area contributed by atoms with E-state index in [0.29, 0.717) is 0 Å². The molecule has 0 heterocycles. The van der Waals surface area contributed by atoms with Crippen molar-refractivity contribution in [3.8, 4) is 11.5 Å². The van der Waals surface area contributed by atoms with Crippen molar-refractivity contribution in [3.63, 3.8) is 0 Å². The van der Waals surface area contributed by atoms with E-state index in [0.717, 1.165) is 6.07 Å². The Balaban J connectivity index is 2.71. The predicted molar refractivity (Wildman–Crippen MR) is 114 cm³/mol. The Hall–Kier alpha value is -1.67. The number of phenolic OH excluding ortho intramolecular Hbond substituents is 2. The van der Waals surface area contributed by atoms with Crippen LogP contribution >= 0.6 is 46.4 Å². The third-order valence-corrected chi connectivity index (χ3v) is 7.47. The fourth-order valence-electron chi connectivity index (χ4n) is 3.24.